The summed E-state index contributed by atoms with van der Waals surface area (Å²) in [6.07, 6.45) is 7.69. The fraction of sp³-hybridized carbons (Fsp3) is 0.200. The summed E-state index contributed by atoms with van der Waals surface area (Å²) < 4.78 is 14.9. The molecule has 3 rings (SSSR count). The van der Waals surface area contributed by atoms with Crippen molar-refractivity contribution in [2.24, 2.45) is 0 Å². The van der Waals surface area contributed by atoms with E-state index in [9.17, 15) is 9.46 Å². The lowest BCUT2D eigenvalue weighted by Crippen LogP contribution is -2.36. The van der Waals surface area contributed by atoms with Crippen LogP contribution in [0.4, 0.5) is 0 Å². The lowest BCUT2D eigenvalue weighted by molar-refractivity contribution is -0.701. The van der Waals surface area contributed by atoms with Gasteiger partial charge in [-0.05, 0) is 36.1 Å². The van der Waals surface area contributed by atoms with Crippen LogP contribution in [0.3, 0.4) is 0 Å². The number of hydrogen-bond acceptors (Lipinski definition) is 2. The van der Waals surface area contributed by atoms with Gasteiger partial charge in [0.2, 0.25) is 5.69 Å². The molecular formula is C20H21N2O2P+2. The summed E-state index contributed by atoms with van der Waals surface area (Å²) in [7, 11) is -2.48. The van der Waals surface area contributed by atoms with Crippen LogP contribution < -0.4 is 14.0 Å². The largest absolute Gasteiger partial charge is 0.590 e. The van der Waals surface area contributed by atoms with E-state index in [4.69, 9.17) is 0 Å². The highest BCUT2D eigenvalue weighted by Crippen LogP contribution is 2.23. The van der Waals surface area contributed by atoms with Crippen LogP contribution in [-0.4, -0.2) is 0 Å². The molecule has 0 saturated heterocycles. The van der Waals surface area contributed by atoms with E-state index >= 15 is 0 Å². The van der Waals surface area contributed by atoms with Gasteiger partial charge < -0.3 is 4.89 Å². The van der Waals surface area contributed by atoms with Gasteiger partial charge in [-0.2, -0.15) is 9.13 Å². The lowest BCUT2D eigenvalue weighted by Gasteiger charge is -2.03. The van der Waals surface area contributed by atoms with Crippen LogP contribution in [0.1, 0.15) is 23.8 Å². The molecule has 126 valence electrons. The summed E-state index contributed by atoms with van der Waals surface area (Å²) in [6.45, 7) is 5.86. The molecule has 1 aromatic carbocycles. The minimum Gasteiger partial charge on any atom is -0.590 e. The zero-order valence-electron chi connectivity index (χ0n) is 14.6. The minimum absolute atomic E-state index is 0.536. The maximum absolute atomic E-state index is 11.1. The third-order valence-corrected chi connectivity index (χ3v) is 5.13. The zero-order valence-corrected chi connectivity index (χ0v) is 15.5. The molecule has 4 nitrogen and oxygen atoms in total. The summed E-state index contributed by atoms with van der Waals surface area (Å²) in [4.78, 5) is 11.1. The van der Waals surface area contributed by atoms with Crippen molar-refractivity contribution in [3.63, 3.8) is 0 Å². The normalized spacial score (nSPS) is 12.7. The van der Waals surface area contributed by atoms with E-state index in [-0.39, 0.29) is 0 Å². The van der Waals surface area contributed by atoms with Crippen LogP contribution in [0, 0.1) is 13.8 Å². The highest BCUT2D eigenvalue weighted by molar-refractivity contribution is 7.36. The molecule has 0 aliphatic carbocycles. The molecule has 2 heterocycles. The van der Waals surface area contributed by atoms with Gasteiger partial charge in [0.15, 0.2) is 24.8 Å². The molecule has 2 aromatic heterocycles. The summed E-state index contributed by atoms with van der Waals surface area (Å²) in [5.41, 5.74) is 5.77. The Morgan fingerprint density at radius 1 is 0.880 bits per heavy atom. The van der Waals surface area contributed by atoms with Gasteiger partial charge in [-0.25, -0.2) is 0 Å². The third-order valence-electron chi connectivity index (χ3n) is 4.26. The van der Waals surface area contributed by atoms with Gasteiger partial charge in [-0.3, -0.25) is 0 Å². The summed E-state index contributed by atoms with van der Waals surface area (Å²) in [6, 6.07) is 14.5. The Morgan fingerprint density at radius 2 is 1.36 bits per heavy atom. The van der Waals surface area contributed by atoms with Crippen LogP contribution >= 0.6 is 8.03 Å². The second kappa shape index (κ2) is 7.22. The molecule has 0 aliphatic rings. The minimum atomic E-state index is -2.48. The number of aromatic nitrogens is 2. The van der Waals surface area contributed by atoms with Gasteiger partial charge in [-0.1, -0.05) is 10.6 Å². The van der Waals surface area contributed by atoms with Gasteiger partial charge in [0, 0.05) is 43.3 Å². The first-order valence-corrected chi connectivity index (χ1v) is 9.43. The van der Waals surface area contributed by atoms with E-state index in [0.717, 1.165) is 16.8 Å². The zero-order chi connectivity index (χ0) is 18.0. The van der Waals surface area contributed by atoms with Crippen molar-refractivity contribution in [1.29, 1.82) is 0 Å². The standard InChI is InChI=1S/C20H21N2O2P/c1-15-12-16(2)14-20(13-15)22-10-6-19(7-11-22)18-4-8-21(9-5-18)17(3)25(23)24/h4-14,17H,1-3H3/q+2. The van der Waals surface area contributed by atoms with E-state index in [1.165, 1.54) is 11.1 Å². The Hall–Kier alpha value is -2.42. The summed E-state index contributed by atoms with van der Waals surface area (Å²) >= 11 is 0. The van der Waals surface area contributed by atoms with Crippen molar-refractivity contribution >= 4 is 8.03 Å². The second-order valence-electron chi connectivity index (χ2n) is 6.29. The molecule has 2 unspecified atom stereocenters. The molecular weight excluding hydrogens is 331 g/mol. The quantitative estimate of drug-likeness (QED) is 0.535. The first kappa shape index (κ1) is 17.4. The Bertz CT molecular complexity index is 886. The molecule has 0 radical (unpaired) electrons. The van der Waals surface area contributed by atoms with Crippen molar-refractivity contribution in [1.82, 2.24) is 0 Å². The van der Waals surface area contributed by atoms with Crippen LogP contribution in [0.5, 0.6) is 0 Å². The topological polar surface area (TPSA) is 47.9 Å². The predicted molar refractivity (Wildman–Crippen MR) is 95.4 cm³/mol. The molecule has 3 aromatic rings. The fourth-order valence-electron chi connectivity index (χ4n) is 2.88. The van der Waals surface area contributed by atoms with E-state index < -0.39 is 13.8 Å². The SMILES string of the molecule is Cc1cc(C)cc(-[n+]2ccc(-c3cc[n+](C(C)[P+](=O)[O-])cc3)cc2)c1. The monoisotopic (exact) mass is 352 g/mol. The first-order valence-electron chi connectivity index (χ1n) is 8.19. The Kier molecular flexibility index (Phi) is 5.03. The van der Waals surface area contributed by atoms with Crippen LogP contribution in [0.2, 0.25) is 0 Å². The van der Waals surface area contributed by atoms with E-state index in [1.807, 2.05) is 24.5 Å². The molecule has 0 amide bonds. The molecule has 0 spiro atoms. The maximum Gasteiger partial charge on any atom is 0.384 e. The van der Waals surface area contributed by atoms with Gasteiger partial charge in [-0.15, -0.1) is 0 Å². The van der Waals surface area contributed by atoms with Crippen LogP contribution in [-0.2, 0) is 4.57 Å². The first-order chi connectivity index (χ1) is 11.9. The Labute approximate surface area is 148 Å². The average Bonchev–Trinajstić information content (AvgIpc) is 2.60. The van der Waals surface area contributed by atoms with Crippen molar-refractivity contribution in [2.75, 3.05) is 0 Å². The van der Waals surface area contributed by atoms with Crippen molar-refractivity contribution in [3.05, 3.63) is 78.4 Å². The van der Waals surface area contributed by atoms with Crippen LogP contribution in [0.25, 0.3) is 16.8 Å². The number of hydrogen-bond donors (Lipinski definition) is 0. The molecule has 0 fully saturated rings. The number of benzene rings is 1. The summed E-state index contributed by atoms with van der Waals surface area (Å²) in [5, 5.41) is 0. The molecule has 0 bridgehead atoms. The van der Waals surface area contributed by atoms with Gasteiger partial charge in [0.1, 0.15) is 0 Å². The molecule has 25 heavy (non-hydrogen) atoms. The summed E-state index contributed by atoms with van der Waals surface area (Å²) in [5.74, 6) is -0.536. The molecule has 0 saturated carbocycles. The predicted octanol–water partition coefficient (Wildman–Crippen LogP) is 3.16. The van der Waals surface area contributed by atoms with E-state index in [1.54, 1.807) is 23.9 Å². The average molecular weight is 352 g/mol. The van der Waals surface area contributed by atoms with Crippen molar-refractivity contribution in [3.8, 4) is 16.8 Å². The smallest absolute Gasteiger partial charge is 0.384 e. The van der Waals surface area contributed by atoms with E-state index in [2.05, 4.69) is 48.7 Å². The number of rotatable bonds is 4. The van der Waals surface area contributed by atoms with Crippen molar-refractivity contribution < 1.29 is 18.6 Å². The van der Waals surface area contributed by atoms with Crippen LogP contribution in [0.15, 0.2) is 67.3 Å². The van der Waals surface area contributed by atoms with Crippen molar-refractivity contribution in [2.45, 2.75) is 26.6 Å². The molecule has 0 aliphatic heterocycles. The molecule has 2 atom stereocenters. The van der Waals surface area contributed by atoms with Gasteiger partial charge in [0.05, 0.1) is 0 Å². The highest BCUT2D eigenvalue weighted by atomic mass is 31.1. The molecule has 5 heteroatoms. The Balaban J connectivity index is 1.86. The Morgan fingerprint density at radius 3 is 1.84 bits per heavy atom. The third kappa shape index (κ3) is 3.98. The fourth-order valence-corrected chi connectivity index (χ4v) is 3.25. The van der Waals surface area contributed by atoms with Gasteiger partial charge in [0.25, 0.3) is 0 Å². The lowest BCUT2D eigenvalue weighted by atomic mass is 10.1. The second-order valence-corrected chi connectivity index (χ2v) is 7.61. The number of pyridine rings is 2. The van der Waals surface area contributed by atoms with E-state index in [0.29, 0.717) is 0 Å². The number of aryl methyl sites for hydroxylation is 2. The number of nitrogens with zero attached hydrogens (tertiary/aromatic N) is 2. The van der Waals surface area contributed by atoms with Gasteiger partial charge >= 0.3 is 13.8 Å². The maximum atomic E-state index is 11.1. The highest BCUT2D eigenvalue weighted by Gasteiger charge is 2.24. The molecule has 0 N–H and O–H groups in total.